The predicted molar refractivity (Wildman–Crippen MR) is 73.2 cm³/mol. The summed E-state index contributed by atoms with van der Waals surface area (Å²) in [5, 5.41) is 2.35. The van der Waals surface area contributed by atoms with Gasteiger partial charge in [-0.25, -0.2) is 9.59 Å². The Morgan fingerprint density at radius 2 is 1.95 bits per heavy atom. The molecule has 1 atom stereocenters. The smallest absolute Gasteiger partial charge is 0.338 e. The fraction of sp³-hybridized carbons (Fsp3) is 0.308. The number of primary amides is 1. The minimum absolute atomic E-state index is 0.217. The van der Waals surface area contributed by atoms with E-state index >= 15 is 0 Å². The van der Waals surface area contributed by atoms with E-state index in [9.17, 15) is 14.4 Å². The van der Waals surface area contributed by atoms with Crippen molar-refractivity contribution < 1.29 is 19.1 Å². The molecule has 0 fully saturated rings. The van der Waals surface area contributed by atoms with E-state index in [2.05, 4.69) is 5.32 Å². The number of hydrogen-bond acceptors (Lipinski definition) is 4. The first-order chi connectivity index (χ1) is 9.31. The maximum atomic E-state index is 11.9. The monoisotopic (exact) mass is 279 g/mol. The average Bonchev–Trinajstić information content (AvgIpc) is 2.37. The summed E-state index contributed by atoms with van der Waals surface area (Å²) in [6, 6.07) is 5.35. The number of nitrogens with two attached hydrogens (primary N) is 1. The van der Waals surface area contributed by atoms with Gasteiger partial charge in [0.25, 0.3) is 5.91 Å². The minimum atomic E-state index is -0.884. The maximum Gasteiger partial charge on any atom is 0.338 e. The van der Waals surface area contributed by atoms with Crippen LogP contribution in [0.1, 0.15) is 17.3 Å². The number of nitrogens with one attached hydrogen (secondary N) is 1. The Hall–Kier alpha value is -2.57. The van der Waals surface area contributed by atoms with Crippen LogP contribution in [-0.2, 0) is 9.53 Å². The molecule has 3 amide bonds. The minimum Gasteiger partial charge on any atom is -0.449 e. The second kappa shape index (κ2) is 6.55. The van der Waals surface area contributed by atoms with E-state index in [-0.39, 0.29) is 11.5 Å². The fourth-order valence-corrected chi connectivity index (χ4v) is 1.51. The van der Waals surface area contributed by atoms with Gasteiger partial charge < -0.3 is 20.7 Å². The standard InChI is InChI=1S/C13H17N3O4/c1-8(11(17)16(2)3)20-12(18)9-5-4-6-10(7-9)15-13(14)19/h4-8H,1-3H3,(H3,14,15,19)/t8-/m0/s1. The normalized spacial score (nSPS) is 11.3. The molecule has 0 aliphatic heterocycles. The highest BCUT2D eigenvalue weighted by Gasteiger charge is 2.20. The van der Waals surface area contributed by atoms with E-state index in [1.54, 1.807) is 26.2 Å². The zero-order valence-corrected chi connectivity index (χ0v) is 11.5. The zero-order valence-electron chi connectivity index (χ0n) is 11.5. The lowest BCUT2D eigenvalue weighted by Crippen LogP contribution is -2.34. The molecule has 0 aromatic heterocycles. The van der Waals surface area contributed by atoms with Crippen LogP contribution in [0.3, 0.4) is 0 Å². The number of esters is 1. The van der Waals surface area contributed by atoms with E-state index in [1.807, 2.05) is 0 Å². The molecule has 20 heavy (non-hydrogen) atoms. The van der Waals surface area contributed by atoms with Crippen molar-refractivity contribution in [1.29, 1.82) is 0 Å². The zero-order chi connectivity index (χ0) is 15.3. The van der Waals surface area contributed by atoms with Gasteiger partial charge in [0.1, 0.15) is 0 Å². The van der Waals surface area contributed by atoms with Gasteiger partial charge in [-0.1, -0.05) is 6.07 Å². The van der Waals surface area contributed by atoms with Crippen molar-refractivity contribution in [3.8, 4) is 0 Å². The van der Waals surface area contributed by atoms with Gasteiger partial charge in [-0.2, -0.15) is 0 Å². The number of anilines is 1. The summed E-state index contributed by atoms with van der Waals surface area (Å²) in [7, 11) is 3.15. The molecule has 7 heteroatoms. The number of likely N-dealkylation sites (N-methyl/N-ethyl adjacent to an activating group) is 1. The largest absolute Gasteiger partial charge is 0.449 e. The Bertz CT molecular complexity index is 528. The van der Waals surface area contributed by atoms with Gasteiger partial charge >= 0.3 is 12.0 Å². The van der Waals surface area contributed by atoms with Crippen molar-refractivity contribution in [2.75, 3.05) is 19.4 Å². The van der Waals surface area contributed by atoms with Crippen LogP contribution in [0.4, 0.5) is 10.5 Å². The molecule has 0 saturated heterocycles. The number of carbonyl (C=O) groups is 3. The fourth-order valence-electron chi connectivity index (χ4n) is 1.51. The van der Waals surface area contributed by atoms with Gasteiger partial charge in [0.2, 0.25) is 0 Å². The number of ether oxygens (including phenoxy) is 1. The quantitative estimate of drug-likeness (QED) is 0.796. The first-order valence-corrected chi connectivity index (χ1v) is 5.90. The molecular formula is C13H17N3O4. The number of carbonyl (C=O) groups excluding carboxylic acids is 3. The molecule has 7 nitrogen and oxygen atoms in total. The van der Waals surface area contributed by atoms with Crippen LogP contribution in [0.2, 0.25) is 0 Å². The van der Waals surface area contributed by atoms with Gasteiger partial charge in [0.05, 0.1) is 5.56 Å². The Balaban J connectivity index is 2.77. The average molecular weight is 279 g/mol. The third-order valence-corrected chi connectivity index (χ3v) is 2.44. The van der Waals surface area contributed by atoms with E-state index in [1.165, 1.54) is 24.0 Å². The summed E-state index contributed by atoms with van der Waals surface area (Å²) in [6.07, 6.45) is -0.884. The van der Waals surface area contributed by atoms with Crippen molar-refractivity contribution in [1.82, 2.24) is 4.90 Å². The van der Waals surface area contributed by atoms with Gasteiger partial charge in [-0.15, -0.1) is 0 Å². The SMILES string of the molecule is C[C@H](OC(=O)c1cccc(NC(N)=O)c1)C(=O)N(C)C. The Morgan fingerprint density at radius 1 is 1.30 bits per heavy atom. The lowest BCUT2D eigenvalue weighted by Gasteiger charge is -2.17. The first-order valence-electron chi connectivity index (χ1n) is 5.90. The third kappa shape index (κ3) is 4.27. The number of benzene rings is 1. The van der Waals surface area contributed by atoms with Crippen LogP contribution < -0.4 is 11.1 Å². The Labute approximate surface area is 116 Å². The second-order valence-electron chi connectivity index (χ2n) is 4.35. The van der Waals surface area contributed by atoms with Crippen molar-refractivity contribution >= 4 is 23.6 Å². The Morgan fingerprint density at radius 3 is 2.50 bits per heavy atom. The summed E-state index contributed by atoms with van der Waals surface area (Å²) in [5.74, 6) is -0.967. The van der Waals surface area contributed by atoms with E-state index in [0.29, 0.717) is 5.69 Å². The molecule has 0 radical (unpaired) electrons. The highest BCUT2D eigenvalue weighted by atomic mass is 16.5. The summed E-state index contributed by atoms with van der Waals surface area (Å²) in [6.45, 7) is 1.49. The van der Waals surface area contributed by atoms with Gasteiger partial charge in [0, 0.05) is 19.8 Å². The van der Waals surface area contributed by atoms with Crippen LogP contribution in [-0.4, -0.2) is 43.0 Å². The van der Waals surface area contributed by atoms with Gasteiger partial charge in [-0.3, -0.25) is 4.79 Å². The summed E-state index contributed by atoms with van der Waals surface area (Å²) in [5.41, 5.74) is 5.58. The molecule has 0 bridgehead atoms. The van der Waals surface area contributed by atoms with Crippen molar-refractivity contribution in [3.05, 3.63) is 29.8 Å². The van der Waals surface area contributed by atoms with Crippen LogP contribution in [0.15, 0.2) is 24.3 Å². The van der Waals surface area contributed by atoms with Crippen LogP contribution >= 0.6 is 0 Å². The van der Waals surface area contributed by atoms with Gasteiger partial charge in [0.15, 0.2) is 6.10 Å². The molecule has 1 aromatic rings. The van der Waals surface area contributed by atoms with Gasteiger partial charge in [-0.05, 0) is 25.1 Å². The predicted octanol–water partition coefficient (Wildman–Crippen LogP) is 0.811. The summed E-state index contributed by atoms with van der Waals surface area (Å²) < 4.78 is 5.05. The topological polar surface area (TPSA) is 102 Å². The molecule has 0 aliphatic carbocycles. The molecule has 3 N–H and O–H groups in total. The number of hydrogen-bond donors (Lipinski definition) is 2. The van der Waals surface area contributed by atoms with Crippen LogP contribution in [0.25, 0.3) is 0 Å². The maximum absolute atomic E-state index is 11.9. The van der Waals surface area contributed by atoms with Crippen LogP contribution in [0.5, 0.6) is 0 Å². The molecule has 0 spiro atoms. The molecule has 0 saturated carbocycles. The molecular weight excluding hydrogens is 262 g/mol. The molecule has 1 rings (SSSR count). The number of rotatable bonds is 4. The van der Waals surface area contributed by atoms with Crippen LogP contribution in [0, 0.1) is 0 Å². The molecule has 108 valence electrons. The van der Waals surface area contributed by atoms with Crippen molar-refractivity contribution in [3.63, 3.8) is 0 Å². The molecule has 0 aliphatic rings. The van der Waals surface area contributed by atoms with E-state index in [4.69, 9.17) is 10.5 Å². The summed E-state index contributed by atoms with van der Waals surface area (Å²) in [4.78, 5) is 35.6. The van der Waals surface area contributed by atoms with Crippen molar-refractivity contribution in [2.24, 2.45) is 5.73 Å². The lowest BCUT2D eigenvalue weighted by atomic mass is 10.2. The number of nitrogens with zero attached hydrogens (tertiary/aromatic N) is 1. The molecule has 1 aromatic carbocycles. The number of urea groups is 1. The molecule has 0 unspecified atom stereocenters. The first kappa shape index (κ1) is 15.5. The second-order valence-corrected chi connectivity index (χ2v) is 4.35. The Kier molecular flexibility index (Phi) is 5.08. The molecule has 0 heterocycles. The third-order valence-electron chi connectivity index (χ3n) is 2.44. The summed E-state index contributed by atoms with van der Waals surface area (Å²) >= 11 is 0. The van der Waals surface area contributed by atoms with Crippen molar-refractivity contribution in [2.45, 2.75) is 13.0 Å². The lowest BCUT2D eigenvalue weighted by molar-refractivity contribution is -0.137. The highest BCUT2D eigenvalue weighted by Crippen LogP contribution is 2.12. The highest BCUT2D eigenvalue weighted by molar-refractivity contribution is 5.94. The number of amides is 3. The van der Waals surface area contributed by atoms with E-state index in [0.717, 1.165) is 0 Å². The van der Waals surface area contributed by atoms with E-state index < -0.39 is 18.1 Å².